The molecule has 0 aliphatic carbocycles. The summed E-state index contributed by atoms with van der Waals surface area (Å²) in [6.07, 6.45) is 1.13. The number of hydrogen-bond donors (Lipinski definition) is 1. The van der Waals surface area contributed by atoms with Crippen molar-refractivity contribution in [3.63, 3.8) is 0 Å². The van der Waals surface area contributed by atoms with E-state index in [9.17, 15) is 0 Å². The summed E-state index contributed by atoms with van der Waals surface area (Å²) < 4.78 is 11.5. The standard InChI is InChI=1S/C21H36N4O2.HI/c1-5-25(6-2)12-14-27-20-10-8-7-9-19(20)15-23-21(22-3)24(4)16-18-11-13-26-17-18;/h7-10,18H,5-6,11-17H2,1-4H3,(H,22,23);1H. The number of halogens is 1. The van der Waals surface area contributed by atoms with E-state index in [-0.39, 0.29) is 24.0 Å². The smallest absolute Gasteiger partial charge is 0.193 e. The number of hydrogen-bond acceptors (Lipinski definition) is 4. The highest BCUT2D eigenvalue weighted by Gasteiger charge is 2.19. The zero-order chi connectivity index (χ0) is 19.5. The number of rotatable bonds is 10. The molecule has 1 heterocycles. The van der Waals surface area contributed by atoms with Gasteiger partial charge >= 0.3 is 0 Å². The second-order valence-electron chi connectivity index (χ2n) is 6.99. The van der Waals surface area contributed by atoms with Crippen molar-refractivity contribution in [2.75, 3.05) is 60.1 Å². The van der Waals surface area contributed by atoms with Crippen LogP contribution in [0.4, 0.5) is 0 Å². The van der Waals surface area contributed by atoms with E-state index in [1.54, 1.807) is 0 Å². The molecule has 0 spiro atoms. The minimum Gasteiger partial charge on any atom is -0.492 e. The summed E-state index contributed by atoms with van der Waals surface area (Å²) in [4.78, 5) is 8.97. The van der Waals surface area contributed by atoms with Crippen LogP contribution in [0.1, 0.15) is 25.8 Å². The van der Waals surface area contributed by atoms with E-state index in [2.05, 4.69) is 53.1 Å². The van der Waals surface area contributed by atoms with E-state index in [1.165, 1.54) is 0 Å². The first-order chi connectivity index (χ1) is 13.2. The van der Waals surface area contributed by atoms with Gasteiger partial charge in [0.1, 0.15) is 12.4 Å². The second-order valence-corrected chi connectivity index (χ2v) is 6.99. The van der Waals surface area contributed by atoms with Gasteiger partial charge in [0.05, 0.1) is 6.61 Å². The fourth-order valence-electron chi connectivity index (χ4n) is 3.38. The Labute approximate surface area is 187 Å². The number of ether oxygens (including phenoxy) is 2. The highest BCUT2D eigenvalue weighted by molar-refractivity contribution is 14.0. The molecule has 28 heavy (non-hydrogen) atoms. The molecule has 1 saturated heterocycles. The zero-order valence-electron chi connectivity index (χ0n) is 17.8. The van der Waals surface area contributed by atoms with Gasteiger partial charge in [-0.25, -0.2) is 0 Å². The van der Waals surface area contributed by atoms with Gasteiger partial charge in [-0.3, -0.25) is 4.99 Å². The van der Waals surface area contributed by atoms with Crippen LogP contribution in [0.3, 0.4) is 0 Å². The van der Waals surface area contributed by atoms with Crippen molar-refractivity contribution in [2.45, 2.75) is 26.8 Å². The molecule has 0 bridgehead atoms. The lowest BCUT2D eigenvalue weighted by atomic mass is 10.1. The van der Waals surface area contributed by atoms with Gasteiger partial charge in [0.25, 0.3) is 0 Å². The van der Waals surface area contributed by atoms with Crippen LogP contribution in [-0.2, 0) is 11.3 Å². The molecular weight excluding hydrogens is 467 g/mol. The first-order valence-corrected chi connectivity index (χ1v) is 10.1. The van der Waals surface area contributed by atoms with E-state index in [1.807, 2.05) is 19.2 Å². The van der Waals surface area contributed by atoms with Crippen molar-refractivity contribution < 1.29 is 9.47 Å². The summed E-state index contributed by atoms with van der Waals surface area (Å²) in [5.41, 5.74) is 1.15. The third kappa shape index (κ3) is 8.13. The average molecular weight is 504 g/mol. The quantitative estimate of drug-likeness (QED) is 0.302. The molecule has 1 unspecified atom stereocenters. The van der Waals surface area contributed by atoms with Gasteiger partial charge in [-0.1, -0.05) is 32.0 Å². The lowest BCUT2D eigenvalue weighted by Gasteiger charge is -2.25. The van der Waals surface area contributed by atoms with E-state index in [0.29, 0.717) is 19.1 Å². The van der Waals surface area contributed by atoms with E-state index >= 15 is 0 Å². The largest absolute Gasteiger partial charge is 0.492 e. The van der Waals surface area contributed by atoms with Crippen LogP contribution in [-0.4, -0.2) is 75.9 Å². The Morgan fingerprint density at radius 2 is 2.04 bits per heavy atom. The maximum Gasteiger partial charge on any atom is 0.193 e. The summed E-state index contributed by atoms with van der Waals surface area (Å²) in [6.45, 7) is 11.5. The van der Waals surface area contributed by atoms with Crippen LogP contribution in [0, 0.1) is 5.92 Å². The normalized spacial score (nSPS) is 16.8. The number of guanidine groups is 1. The van der Waals surface area contributed by atoms with Crippen LogP contribution in [0.25, 0.3) is 0 Å². The molecule has 0 amide bonds. The van der Waals surface area contributed by atoms with Gasteiger partial charge in [0.2, 0.25) is 0 Å². The molecule has 0 saturated carbocycles. The SMILES string of the molecule is CCN(CC)CCOc1ccccc1CNC(=NC)N(C)CC1CCOC1.I. The highest BCUT2D eigenvalue weighted by atomic mass is 127. The molecule has 1 aromatic rings. The Balaban J connectivity index is 0.00000392. The lowest BCUT2D eigenvalue weighted by molar-refractivity contribution is 0.181. The van der Waals surface area contributed by atoms with Crippen LogP contribution in [0.2, 0.25) is 0 Å². The summed E-state index contributed by atoms with van der Waals surface area (Å²) >= 11 is 0. The van der Waals surface area contributed by atoms with Gasteiger partial charge in [-0.05, 0) is 25.6 Å². The maximum atomic E-state index is 6.05. The van der Waals surface area contributed by atoms with Crippen molar-refractivity contribution in [3.8, 4) is 5.75 Å². The zero-order valence-corrected chi connectivity index (χ0v) is 20.1. The van der Waals surface area contributed by atoms with Gasteiger partial charge < -0.3 is 24.6 Å². The topological polar surface area (TPSA) is 49.3 Å². The minimum atomic E-state index is 0. The molecule has 1 aliphatic heterocycles. The Morgan fingerprint density at radius 3 is 2.68 bits per heavy atom. The van der Waals surface area contributed by atoms with E-state index in [4.69, 9.17) is 9.47 Å². The molecule has 0 radical (unpaired) electrons. The van der Waals surface area contributed by atoms with Crippen molar-refractivity contribution in [2.24, 2.45) is 10.9 Å². The number of benzene rings is 1. The summed E-state index contributed by atoms with van der Waals surface area (Å²) in [6, 6.07) is 8.23. The predicted molar refractivity (Wildman–Crippen MR) is 127 cm³/mol. The van der Waals surface area contributed by atoms with Crippen LogP contribution >= 0.6 is 24.0 Å². The fourth-order valence-corrected chi connectivity index (χ4v) is 3.38. The second kappa shape index (κ2) is 14.0. The Morgan fingerprint density at radius 1 is 1.29 bits per heavy atom. The molecular formula is C21H37IN4O2. The number of nitrogens with one attached hydrogen (secondary N) is 1. The molecule has 160 valence electrons. The number of likely N-dealkylation sites (N-methyl/N-ethyl adjacent to an activating group) is 1. The summed E-state index contributed by atoms with van der Waals surface area (Å²) in [5.74, 6) is 2.43. The van der Waals surface area contributed by atoms with Crippen LogP contribution in [0.5, 0.6) is 5.75 Å². The maximum absolute atomic E-state index is 6.05. The molecule has 1 atom stereocenters. The first-order valence-electron chi connectivity index (χ1n) is 10.1. The highest BCUT2D eigenvalue weighted by Crippen LogP contribution is 2.18. The molecule has 1 N–H and O–H groups in total. The van der Waals surface area contributed by atoms with Gasteiger partial charge in [0, 0.05) is 51.8 Å². The number of nitrogens with zero attached hydrogens (tertiary/aromatic N) is 3. The van der Waals surface area contributed by atoms with Crippen molar-refractivity contribution in [1.82, 2.24) is 15.1 Å². The summed E-state index contributed by atoms with van der Waals surface area (Å²) in [7, 11) is 3.91. The summed E-state index contributed by atoms with van der Waals surface area (Å²) in [5, 5.41) is 3.47. The predicted octanol–water partition coefficient (Wildman–Crippen LogP) is 3.07. The monoisotopic (exact) mass is 504 g/mol. The van der Waals surface area contributed by atoms with Crippen molar-refractivity contribution in [3.05, 3.63) is 29.8 Å². The molecule has 1 aromatic carbocycles. The average Bonchev–Trinajstić information content (AvgIpc) is 3.19. The minimum absolute atomic E-state index is 0. The molecule has 1 fully saturated rings. The fraction of sp³-hybridized carbons (Fsp3) is 0.667. The van der Waals surface area contributed by atoms with Crippen LogP contribution < -0.4 is 10.1 Å². The molecule has 0 aromatic heterocycles. The molecule has 1 aliphatic rings. The lowest BCUT2D eigenvalue weighted by Crippen LogP contribution is -2.41. The van der Waals surface area contributed by atoms with E-state index < -0.39 is 0 Å². The Kier molecular flexibility index (Phi) is 12.5. The number of para-hydroxylation sites is 1. The molecule has 7 heteroatoms. The van der Waals surface area contributed by atoms with Crippen molar-refractivity contribution >= 4 is 29.9 Å². The molecule has 6 nitrogen and oxygen atoms in total. The van der Waals surface area contributed by atoms with E-state index in [0.717, 1.165) is 63.1 Å². The van der Waals surface area contributed by atoms with Crippen molar-refractivity contribution in [1.29, 1.82) is 0 Å². The Hall–Kier alpha value is -1.06. The Bertz CT molecular complexity index is 575. The molecule has 2 rings (SSSR count). The first kappa shape index (κ1) is 25.0. The third-order valence-corrected chi connectivity index (χ3v) is 5.10. The van der Waals surface area contributed by atoms with Crippen LogP contribution in [0.15, 0.2) is 29.3 Å². The van der Waals surface area contributed by atoms with Gasteiger partial charge in [-0.2, -0.15) is 0 Å². The number of aliphatic imine (C=N–C) groups is 1. The van der Waals surface area contributed by atoms with Gasteiger partial charge in [-0.15, -0.1) is 24.0 Å². The van der Waals surface area contributed by atoms with Gasteiger partial charge in [0.15, 0.2) is 5.96 Å². The third-order valence-electron chi connectivity index (χ3n) is 5.10.